The first kappa shape index (κ1) is 17.6. The van der Waals surface area contributed by atoms with Crippen molar-refractivity contribution in [2.24, 2.45) is 0 Å². The van der Waals surface area contributed by atoms with Crippen molar-refractivity contribution < 1.29 is 32.4 Å². The van der Waals surface area contributed by atoms with Crippen LogP contribution in [0, 0.1) is 13.8 Å². The van der Waals surface area contributed by atoms with Crippen LogP contribution in [0.15, 0.2) is 28.8 Å². The number of alkyl halides is 2. The molecule has 0 aliphatic rings. The lowest BCUT2D eigenvalue weighted by Gasteiger charge is -2.12. The largest absolute Gasteiger partial charge is 0.451 e. The molecule has 0 aliphatic carbocycles. The molecule has 0 saturated heterocycles. The summed E-state index contributed by atoms with van der Waals surface area (Å²) in [6, 6.07) is 5.12. The Morgan fingerprint density at radius 1 is 1.17 bits per heavy atom. The monoisotopic (exact) mass is 339 g/mol. The highest BCUT2D eigenvalue weighted by atomic mass is 19.3. The summed E-state index contributed by atoms with van der Waals surface area (Å²) in [5, 5.41) is 3.64. The Balaban J connectivity index is 2.05. The summed E-state index contributed by atoms with van der Waals surface area (Å²) in [6.45, 7) is 1.62. The average molecular weight is 339 g/mol. The Morgan fingerprint density at radius 2 is 1.79 bits per heavy atom. The number of ketones is 1. The molecule has 0 aliphatic heterocycles. The zero-order valence-electron chi connectivity index (χ0n) is 13.2. The molecule has 0 radical (unpaired) electrons. The minimum Gasteiger partial charge on any atom is -0.451 e. The van der Waals surface area contributed by atoms with Crippen LogP contribution in [0.5, 0.6) is 5.75 Å². The van der Waals surface area contributed by atoms with Crippen LogP contribution in [-0.4, -0.2) is 29.6 Å². The standard InChI is InChI=1S/C16H15F2NO5/c1-8-13(9(2)24-19-8)15(21)22-10(3)14(20)11-4-6-12(7-5-11)23-16(17)18/h4-7,10,16H,1-3H3/t10-/m0/s1. The van der Waals surface area contributed by atoms with E-state index in [0.717, 1.165) is 0 Å². The highest BCUT2D eigenvalue weighted by Gasteiger charge is 2.25. The maximum Gasteiger partial charge on any atom is 0.387 e. The van der Waals surface area contributed by atoms with Gasteiger partial charge < -0.3 is 14.0 Å². The van der Waals surface area contributed by atoms with Gasteiger partial charge in [-0.2, -0.15) is 8.78 Å². The smallest absolute Gasteiger partial charge is 0.387 e. The highest BCUT2D eigenvalue weighted by molar-refractivity contribution is 6.01. The number of carbonyl (C=O) groups excluding carboxylic acids is 2. The number of hydrogen-bond acceptors (Lipinski definition) is 6. The Morgan fingerprint density at radius 3 is 2.29 bits per heavy atom. The molecule has 0 N–H and O–H groups in total. The summed E-state index contributed by atoms with van der Waals surface area (Å²) in [5.74, 6) is -0.962. The fourth-order valence-electron chi connectivity index (χ4n) is 2.08. The predicted molar refractivity (Wildman–Crippen MR) is 78.3 cm³/mol. The predicted octanol–water partition coefficient (Wildman–Crippen LogP) is 3.32. The first-order chi connectivity index (χ1) is 11.3. The van der Waals surface area contributed by atoms with Crippen LogP contribution in [0.1, 0.15) is 39.1 Å². The van der Waals surface area contributed by atoms with Crippen LogP contribution < -0.4 is 4.74 Å². The molecule has 0 amide bonds. The van der Waals surface area contributed by atoms with E-state index in [1.165, 1.54) is 31.2 Å². The number of carbonyl (C=O) groups is 2. The average Bonchev–Trinajstić information content (AvgIpc) is 2.85. The van der Waals surface area contributed by atoms with E-state index in [0.29, 0.717) is 11.5 Å². The van der Waals surface area contributed by atoms with Gasteiger partial charge in [0.1, 0.15) is 17.1 Å². The SMILES string of the molecule is Cc1noc(C)c1C(=O)O[C@@H](C)C(=O)c1ccc(OC(F)F)cc1. The number of aromatic nitrogens is 1. The molecule has 24 heavy (non-hydrogen) atoms. The van der Waals surface area contributed by atoms with Gasteiger partial charge in [-0.3, -0.25) is 4.79 Å². The van der Waals surface area contributed by atoms with Crippen molar-refractivity contribution in [2.45, 2.75) is 33.5 Å². The van der Waals surface area contributed by atoms with Gasteiger partial charge in [-0.05, 0) is 45.0 Å². The molecule has 1 atom stereocenters. The molecule has 0 bridgehead atoms. The minimum absolute atomic E-state index is 0.0677. The van der Waals surface area contributed by atoms with Crippen LogP contribution in [0.2, 0.25) is 0 Å². The Hall–Kier alpha value is -2.77. The maximum absolute atomic E-state index is 12.2. The molecule has 8 heteroatoms. The van der Waals surface area contributed by atoms with Crippen LogP contribution >= 0.6 is 0 Å². The summed E-state index contributed by atoms with van der Waals surface area (Å²) in [4.78, 5) is 24.3. The number of halogens is 2. The van der Waals surface area contributed by atoms with Crippen LogP contribution in [0.3, 0.4) is 0 Å². The Kier molecular flexibility index (Phi) is 5.28. The molecule has 1 aromatic carbocycles. The van der Waals surface area contributed by atoms with Crippen molar-refractivity contribution in [2.75, 3.05) is 0 Å². The molecule has 2 aromatic rings. The molecule has 6 nitrogen and oxygen atoms in total. The molecule has 0 saturated carbocycles. The summed E-state index contributed by atoms with van der Waals surface area (Å²) >= 11 is 0. The molecular weight excluding hydrogens is 324 g/mol. The van der Waals surface area contributed by atoms with Crippen molar-refractivity contribution in [1.29, 1.82) is 0 Å². The van der Waals surface area contributed by atoms with Gasteiger partial charge in [0.25, 0.3) is 0 Å². The van der Waals surface area contributed by atoms with E-state index in [2.05, 4.69) is 9.89 Å². The lowest BCUT2D eigenvalue weighted by Crippen LogP contribution is -2.25. The van der Waals surface area contributed by atoms with E-state index in [1.807, 2.05) is 0 Å². The van der Waals surface area contributed by atoms with E-state index in [1.54, 1.807) is 13.8 Å². The number of Topliss-reactive ketones (excluding diaryl/α,β-unsaturated/α-hetero) is 1. The number of aryl methyl sites for hydroxylation is 2. The summed E-state index contributed by atoms with van der Waals surface area (Å²) in [7, 11) is 0. The van der Waals surface area contributed by atoms with Crippen LogP contribution in [0.25, 0.3) is 0 Å². The van der Waals surface area contributed by atoms with Gasteiger partial charge >= 0.3 is 12.6 Å². The van der Waals surface area contributed by atoms with Crippen LogP contribution in [-0.2, 0) is 4.74 Å². The second-order valence-corrected chi connectivity index (χ2v) is 5.01. The second kappa shape index (κ2) is 7.20. The van der Waals surface area contributed by atoms with Gasteiger partial charge in [-0.25, -0.2) is 4.79 Å². The number of hydrogen-bond donors (Lipinski definition) is 0. The van der Waals surface area contributed by atoms with E-state index in [-0.39, 0.29) is 16.9 Å². The van der Waals surface area contributed by atoms with Crippen LogP contribution in [0.4, 0.5) is 8.78 Å². The van der Waals surface area contributed by atoms with Crippen molar-refractivity contribution in [3.8, 4) is 5.75 Å². The quantitative estimate of drug-likeness (QED) is 0.593. The molecular formula is C16H15F2NO5. The van der Waals surface area contributed by atoms with E-state index < -0.39 is 24.5 Å². The summed E-state index contributed by atoms with van der Waals surface area (Å²) in [6.07, 6.45) is -1.06. The third kappa shape index (κ3) is 3.95. The van der Waals surface area contributed by atoms with Gasteiger partial charge in [-0.1, -0.05) is 5.16 Å². The minimum atomic E-state index is -2.94. The lowest BCUT2D eigenvalue weighted by molar-refractivity contribution is -0.0498. The second-order valence-electron chi connectivity index (χ2n) is 5.01. The molecule has 0 spiro atoms. The van der Waals surface area contributed by atoms with E-state index >= 15 is 0 Å². The number of nitrogens with zero attached hydrogens (tertiary/aromatic N) is 1. The van der Waals surface area contributed by atoms with Crippen molar-refractivity contribution in [1.82, 2.24) is 5.16 Å². The molecule has 128 valence electrons. The van der Waals surface area contributed by atoms with Gasteiger partial charge in [0.05, 0.1) is 5.69 Å². The number of ether oxygens (including phenoxy) is 2. The fraction of sp³-hybridized carbons (Fsp3) is 0.312. The number of rotatable bonds is 6. The molecule has 0 fully saturated rings. The molecule has 1 aromatic heterocycles. The molecule has 1 heterocycles. The fourth-order valence-corrected chi connectivity index (χ4v) is 2.08. The van der Waals surface area contributed by atoms with E-state index in [4.69, 9.17) is 9.26 Å². The van der Waals surface area contributed by atoms with E-state index in [9.17, 15) is 18.4 Å². The Labute approximate surface area is 136 Å². The van der Waals surface area contributed by atoms with Gasteiger partial charge in [0.15, 0.2) is 6.10 Å². The first-order valence-corrected chi connectivity index (χ1v) is 7.02. The highest BCUT2D eigenvalue weighted by Crippen LogP contribution is 2.18. The summed E-state index contributed by atoms with van der Waals surface area (Å²) < 4.78 is 38.4. The maximum atomic E-state index is 12.2. The number of esters is 1. The van der Waals surface area contributed by atoms with Crippen molar-refractivity contribution >= 4 is 11.8 Å². The van der Waals surface area contributed by atoms with Gasteiger partial charge in [0, 0.05) is 5.56 Å². The van der Waals surface area contributed by atoms with Gasteiger partial charge in [0.2, 0.25) is 5.78 Å². The van der Waals surface area contributed by atoms with Gasteiger partial charge in [-0.15, -0.1) is 0 Å². The lowest BCUT2D eigenvalue weighted by atomic mass is 10.1. The van der Waals surface area contributed by atoms with Crippen molar-refractivity contribution in [3.63, 3.8) is 0 Å². The normalized spacial score (nSPS) is 12.1. The zero-order valence-corrected chi connectivity index (χ0v) is 13.2. The zero-order chi connectivity index (χ0) is 17.9. The third-order valence-corrected chi connectivity index (χ3v) is 3.25. The third-order valence-electron chi connectivity index (χ3n) is 3.25. The first-order valence-electron chi connectivity index (χ1n) is 7.02. The summed E-state index contributed by atoms with van der Waals surface area (Å²) in [5.41, 5.74) is 0.747. The van der Waals surface area contributed by atoms with Crippen molar-refractivity contribution in [3.05, 3.63) is 46.8 Å². The molecule has 2 rings (SSSR count). The molecule has 0 unspecified atom stereocenters. The topological polar surface area (TPSA) is 78.6 Å². The number of benzene rings is 1. The Bertz CT molecular complexity index is 720.